The average Bonchev–Trinajstić information content (AvgIpc) is 2.61. The Balaban J connectivity index is 1.83. The molecule has 0 radical (unpaired) electrons. The van der Waals surface area contributed by atoms with Crippen LogP contribution in [-0.2, 0) is 16.2 Å². The molecule has 1 aliphatic rings. The van der Waals surface area contributed by atoms with Gasteiger partial charge < -0.3 is 4.90 Å². The molecule has 0 saturated carbocycles. The Bertz CT molecular complexity index is 892. The topological polar surface area (TPSA) is 40.6 Å². The van der Waals surface area contributed by atoms with Crippen molar-refractivity contribution in [2.75, 3.05) is 31.1 Å². The Labute approximate surface area is 148 Å². The number of rotatable bonds is 3. The number of alkyl halides is 3. The van der Waals surface area contributed by atoms with Gasteiger partial charge in [0.15, 0.2) is 0 Å². The molecule has 1 aliphatic heterocycles. The van der Waals surface area contributed by atoms with Crippen LogP contribution in [0.15, 0.2) is 53.4 Å². The minimum Gasteiger partial charge on any atom is -0.367 e. The summed E-state index contributed by atoms with van der Waals surface area (Å²) in [6.45, 7) is 0.328. The largest absolute Gasteiger partial charge is 0.417 e. The molecule has 26 heavy (non-hydrogen) atoms. The number of hydrogen-bond acceptors (Lipinski definition) is 3. The first-order chi connectivity index (χ1) is 12.2. The molecule has 0 bridgehead atoms. The van der Waals surface area contributed by atoms with Crippen molar-refractivity contribution >= 4 is 15.7 Å². The summed E-state index contributed by atoms with van der Waals surface area (Å²) < 4.78 is 79.7. The lowest BCUT2D eigenvalue weighted by Crippen LogP contribution is -2.49. The lowest BCUT2D eigenvalue weighted by Gasteiger charge is -2.35. The van der Waals surface area contributed by atoms with Crippen molar-refractivity contribution in [1.82, 2.24) is 4.31 Å². The molecule has 0 amide bonds. The van der Waals surface area contributed by atoms with Gasteiger partial charge in [0.2, 0.25) is 10.0 Å². The van der Waals surface area contributed by atoms with Crippen LogP contribution < -0.4 is 4.90 Å². The lowest BCUT2D eigenvalue weighted by molar-refractivity contribution is -0.139. The van der Waals surface area contributed by atoms with Crippen LogP contribution >= 0.6 is 0 Å². The maximum Gasteiger partial charge on any atom is 0.417 e. The molecular weight excluding hydrogens is 372 g/mol. The highest BCUT2D eigenvalue weighted by Gasteiger charge is 2.39. The van der Waals surface area contributed by atoms with E-state index in [1.54, 1.807) is 23.1 Å². The van der Waals surface area contributed by atoms with Gasteiger partial charge in [0.05, 0.1) is 16.1 Å². The van der Waals surface area contributed by atoms with Crippen molar-refractivity contribution in [2.24, 2.45) is 0 Å². The summed E-state index contributed by atoms with van der Waals surface area (Å²) in [7, 11) is -4.30. The van der Waals surface area contributed by atoms with Crippen LogP contribution in [0.1, 0.15) is 5.56 Å². The highest BCUT2D eigenvalue weighted by Crippen LogP contribution is 2.35. The van der Waals surface area contributed by atoms with E-state index in [1.807, 2.05) is 0 Å². The van der Waals surface area contributed by atoms with Crippen molar-refractivity contribution < 1.29 is 26.0 Å². The number of para-hydroxylation sites is 1. The zero-order valence-electron chi connectivity index (χ0n) is 13.6. The first-order valence-electron chi connectivity index (χ1n) is 7.87. The van der Waals surface area contributed by atoms with E-state index in [9.17, 15) is 26.0 Å². The minimum absolute atomic E-state index is 0.0249. The summed E-state index contributed by atoms with van der Waals surface area (Å²) in [6, 6.07) is 10.2. The Morgan fingerprint density at radius 1 is 0.846 bits per heavy atom. The number of nitrogens with zero attached hydrogens (tertiary/aromatic N) is 2. The van der Waals surface area contributed by atoms with Gasteiger partial charge in [0.1, 0.15) is 5.82 Å². The summed E-state index contributed by atoms with van der Waals surface area (Å²) >= 11 is 0. The van der Waals surface area contributed by atoms with Crippen LogP contribution in [0.2, 0.25) is 0 Å². The maximum absolute atomic E-state index is 13.9. The van der Waals surface area contributed by atoms with Gasteiger partial charge in [-0.15, -0.1) is 0 Å². The van der Waals surface area contributed by atoms with Gasteiger partial charge in [-0.1, -0.05) is 24.3 Å². The maximum atomic E-state index is 13.9. The zero-order chi connectivity index (χ0) is 18.9. The fraction of sp³-hybridized carbons (Fsp3) is 0.294. The molecule has 0 aliphatic carbocycles. The van der Waals surface area contributed by atoms with Gasteiger partial charge in [-0.3, -0.25) is 0 Å². The molecule has 1 fully saturated rings. The second-order valence-electron chi connectivity index (χ2n) is 5.84. The van der Waals surface area contributed by atoms with Crippen LogP contribution in [0, 0.1) is 5.82 Å². The Hall–Kier alpha value is -2.13. The van der Waals surface area contributed by atoms with Crippen LogP contribution in [0.25, 0.3) is 0 Å². The van der Waals surface area contributed by atoms with Crippen molar-refractivity contribution in [3.8, 4) is 0 Å². The van der Waals surface area contributed by atoms with Gasteiger partial charge in [0.25, 0.3) is 0 Å². The first kappa shape index (κ1) is 18.7. The molecule has 9 heteroatoms. The van der Waals surface area contributed by atoms with Crippen molar-refractivity contribution in [1.29, 1.82) is 0 Å². The van der Waals surface area contributed by atoms with Crippen LogP contribution in [-0.4, -0.2) is 38.9 Å². The Morgan fingerprint density at radius 3 is 2.04 bits per heavy atom. The quantitative estimate of drug-likeness (QED) is 0.758. The SMILES string of the molecule is O=S(=O)(c1ccccc1C(F)(F)F)N1CCN(c2ccccc2F)CC1. The molecule has 0 spiro atoms. The highest BCUT2D eigenvalue weighted by atomic mass is 32.2. The second kappa shape index (κ2) is 6.88. The molecular formula is C17H16F4N2O2S. The third kappa shape index (κ3) is 3.54. The van der Waals surface area contributed by atoms with Crippen molar-refractivity contribution in [2.45, 2.75) is 11.1 Å². The number of halogens is 4. The summed E-state index contributed by atoms with van der Waals surface area (Å²) in [5.74, 6) is -0.425. The van der Waals surface area contributed by atoms with Crippen LogP contribution in [0.4, 0.5) is 23.2 Å². The van der Waals surface area contributed by atoms with Crippen molar-refractivity contribution in [3.05, 3.63) is 59.9 Å². The van der Waals surface area contributed by atoms with E-state index >= 15 is 0 Å². The van der Waals surface area contributed by atoms with E-state index in [1.165, 1.54) is 12.1 Å². The predicted octanol–water partition coefficient (Wildman–Crippen LogP) is 3.36. The number of piperazine rings is 1. The van der Waals surface area contributed by atoms with Crippen molar-refractivity contribution in [3.63, 3.8) is 0 Å². The van der Waals surface area contributed by atoms with E-state index in [0.717, 1.165) is 22.5 Å². The molecule has 0 N–H and O–H groups in total. The van der Waals surface area contributed by atoms with E-state index in [-0.39, 0.29) is 26.2 Å². The van der Waals surface area contributed by atoms with E-state index in [0.29, 0.717) is 5.69 Å². The molecule has 0 unspecified atom stereocenters. The first-order valence-corrected chi connectivity index (χ1v) is 9.31. The highest BCUT2D eigenvalue weighted by molar-refractivity contribution is 7.89. The monoisotopic (exact) mass is 388 g/mol. The summed E-state index contributed by atoms with van der Waals surface area (Å²) in [5.41, 5.74) is -0.836. The van der Waals surface area contributed by atoms with E-state index in [2.05, 4.69) is 0 Å². The zero-order valence-corrected chi connectivity index (χ0v) is 14.4. The van der Waals surface area contributed by atoms with Gasteiger partial charge in [-0.05, 0) is 24.3 Å². The normalized spacial score (nSPS) is 16.7. The van der Waals surface area contributed by atoms with Gasteiger partial charge in [-0.2, -0.15) is 17.5 Å². The second-order valence-corrected chi connectivity index (χ2v) is 7.74. The number of anilines is 1. The fourth-order valence-corrected chi connectivity index (χ4v) is 4.58. The molecule has 140 valence electrons. The molecule has 3 rings (SSSR count). The van der Waals surface area contributed by atoms with Gasteiger partial charge in [-0.25, -0.2) is 12.8 Å². The predicted molar refractivity (Wildman–Crippen MR) is 88.8 cm³/mol. The number of benzene rings is 2. The minimum atomic E-state index is -4.77. The molecule has 4 nitrogen and oxygen atoms in total. The van der Waals surface area contributed by atoms with Gasteiger partial charge >= 0.3 is 6.18 Å². The Morgan fingerprint density at radius 2 is 1.42 bits per heavy atom. The summed E-state index contributed by atoms with van der Waals surface area (Å²) in [6.07, 6.45) is -4.77. The molecule has 2 aromatic carbocycles. The standard InChI is InChI=1S/C17H16F4N2O2S/c18-14-6-2-3-7-15(14)22-9-11-23(12-10-22)26(24,25)16-8-4-1-5-13(16)17(19,20)21/h1-8H,9-12H2. The molecule has 2 aromatic rings. The van der Waals surface area contributed by atoms with Crippen LogP contribution in [0.3, 0.4) is 0 Å². The molecule has 1 heterocycles. The fourth-order valence-electron chi connectivity index (χ4n) is 2.94. The smallest absolute Gasteiger partial charge is 0.367 e. The Kier molecular flexibility index (Phi) is 4.94. The van der Waals surface area contributed by atoms with E-state index < -0.39 is 32.5 Å². The number of hydrogen-bond donors (Lipinski definition) is 0. The summed E-state index contributed by atoms with van der Waals surface area (Å²) in [4.78, 5) is 0.920. The molecule has 0 aromatic heterocycles. The summed E-state index contributed by atoms with van der Waals surface area (Å²) in [5, 5.41) is 0. The third-order valence-corrected chi connectivity index (χ3v) is 6.20. The molecule has 1 saturated heterocycles. The lowest BCUT2D eigenvalue weighted by atomic mass is 10.2. The third-order valence-electron chi connectivity index (χ3n) is 4.24. The number of sulfonamides is 1. The molecule has 0 atom stereocenters. The van der Waals surface area contributed by atoms with Gasteiger partial charge in [0, 0.05) is 26.2 Å². The van der Waals surface area contributed by atoms with E-state index in [4.69, 9.17) is 0 Å². The van der Waals surface area contributed by atoms with Crippen LogP contribution in [0.5, 0.6) is 0 Å². The average molecular weight is 388 g/mol.